The summed E-state index contributed by atoms with van der Waals surface area (Å²) in [6.45, 7) is 2.41. The Labute approximate surface area is 136 Å². The second kappa shape index (κ2) is 8.28. The minimum absolute atomic E-state index is 0.0197. The average Bonchev–Trinajstić information content (AvgIpc) is 3.00. The van der Waals surface area contributed by atoms with Gasteiger partial charge in [-0.15, -0.1) is 5.10 Å². The highest BCUT2D eigenvalue weighted by Crippen LogP contribution is 2.21. The van der Waals surface area contributed by atoms with E-state index in [2.05, 4.69) is 25.8 Å². The molecule has 0 spiro atoms. The Morgan fingerprint density at radius 1 is 1.35 bits per heavy atom. The standard InChI is InChI=1S/C14H16FN5O2S/c1-2-7-16-13(22)17-11(21)8-23-14-18-12(19-20-14)9-5-3-4-6-10(9)15/h3-6H,2,7-8H2,1H3,(H,18,19,20)(H2,16,17,21,22). The predicted octanol–water partition coefficient (Wildman–Crippen LogP) is 1.94. The highest BCUT2D eigenvalue weighted by atomic mass is 32.2. The van der Waals surface area contributed by atoms with Crippen LogP contribution in [0.15, 0.2) is 29.4 Å². The summed E-state index contributed by atoms with van der Waals surface area (Å²) < 4.78 is 13.6. The number of hydrogen-bond acceptors (Lipinski definition) is 5. The summed E-state index contributed by atoms with van der Waals surface area (Å²) in [5.74, 6) is -0.605. The zero-order chi connectivity index (χ0) is 16.7. The van der Waals surface area contributed by atoms with E-state index in [0.29, 0.717) is 17.3 Å². The number of hydrogen-bond donors (Lipinski definition) is 3. The van der Waals surface area contributed by atoms with Gasteiger partial charge in [-0.05, 0) is 18.6 Å². The first kappa shape index (κ1) is 16.9. The summed E-state index contributed by atoms with van der Waals surface area (Å²) in [4.78, 5) is 27.0. The van der Waals surface area contributed by atoms with Crippen molar-refractivity contribution in [1.82, 2.24) is 25.8 Å². The Morgan fingerprint density at radius 3 is 2.87 bits per heavy atom. The number of amides is 3. The predicted molar refractivity (Wildman–Crippen MR) is 84.3 cm³/mol. The van der Waals surface area contributed by atoms with E-state index in [1.165, 1.54) is 6.07 Å². The molecule has 1 aromatic heterocycles. The van der Waals surface area contributed by atoms with Gasteiger partial charge in [-0.1, -0.05) is 30.8 Å². The van der Waals surface area contributed by atoms with Gasteiger partial charge in [-0.3, -0.25) is 15.2 Å². The smallest absolute Gasteiger partial charge is 0.321 e. The molecule has 0 bridgehead atoms. The van der Waals surface area contributed by atoms with Gasteiger partial charge in [-0.25, -0.2) is 14.2 Å². The van der Waals surface area contributed by atoms with E-state index >= 15 is 0 Å². The number of nitrogens with zero attached hydrogens (tertiary/aromatic N) is 2. The summed E-state index contributed by atoms with van der Waals surface area (Å²) >= 11 is 1.05. The van der Waals surface area contributed by atoms with Crippen molar-refractivity contribution in [2.75, 3.05) is 12.3 Å². The lowest BCUT2D eigenvalue weighted by Crippen LogP contribution is -2.40. The van der Waals surface area contributed by atoms with Crippen molar-refractivity contribution < 1.29 is 14.0 Å². The summed E-state index contributed by atoms with van der Waals surface area (Å²) in [6, 6.07) is 5.65. The van der Waals surface area contributed by atoms with Gasteiger partial charge in [0.1, 0.15) is 5.82 Å². The second-order valence-corrected chi connectivity index (χ2v) is 5.48. The molecule has 0 saturated carbocycles. The molecule has 0 unspecified atom stereocenters. The zero-order valence-corrected chi connectivity index (χ0v) is 13.2. The number of carbonyl (C=O) groups excluding carboxylic acids is 2. The molecule has 1 heterocycles. The Bertz CT molecular complexity index is 691. The molecule has 3 N–H and O–H groups in total. The number of thioether (sulfide) groups is 1. The van der Waals surface area contributed by atoms with Gasteiger partial charge in [0, 0.05) is 6.54 Å². The largest absolute Gasteiger partial charge is 0.338 e. The van der Waals surface area contributed by atoms with Crippen molar-refractivity contribution in [3.8, 4) is 11.4 Å². The second-order valence-electron chi connectivity index (χ2n) is 4.54. The normalized spacial score (nSPS) is 10.3. The van der Waals surface area contributed by atoms with E-state index in [1.807, 2.05) is 6.92 Å². The van der Waals surface area contributed by atoms with Crippen LogP contribution in [0.1, 0.15) is 13.3 Å². The maximum Gasteiger partial charge on any atom is 0.321 e. The molecule has 122 valence electrons. The third-order valence-corrected chi connectivity index (χ3v) is 3.56. The van der Waals surface area contributed by atoms with E-state index < -0.39 is 17.8 Å². The third-order valence-electron chi connectivity index (χ3n) is 2.71. The number of halogens is 1. The van der Waals surface area contributed by atoms with Crippen molar-refractivity contribution in [2.24, 2.45) is 0 Å². The Hall–Kier alpha value is -2.42. The van der Waals surface area contributed by atoms with Crippen LogP contribution in [-0.4, -0.2) is 39.4 Å². The molecule has 0 saturated heterocycles. The van der Waals surface area contributed by atoms with E-state index in [-0.39, 0.29) is 11.6 Å². The maximum absolute atomic E-state index is 13.6. The molecule has 0 aliphatic carbocycles. The molecule has 2 aromatic rings. The van der Waals surface area contributed by atoms with Crippen molar-refractivity contribution in [2.45, 2.75) is 18.5 Å². The first-order valence-corrected chi connectivity index (χ1v) is 7.96. The summed E-state index contributed by atoms with van der Waals surface area (Å²) in [7, 11) is 0. The molecule has 23 heavy (non-hydrogen) atoms. The molecule has 0 fully saturated rings. The monoisotopic (exact) mass is 337 g/mol. The van der Waals surface area contributed by atoms with Crippen LogP contribution in [0.2, 0.25) is 0 Å². The summed E-state index contributed by atoms with van der Waals surface area (Å²) in [5.41, 5.74) is 0.301. The third kappa shape index (κ3) is 5.06. The van der Waals surface area contributed by atoms with Crippen LogP contribution >= 0.6 is 11.8 Å². The minimum Gasteiger partial charge on any atom is -0.338 e. The number of nitrogens with one attached hydrogen (secondary N) is 3. The molecular formula is C14H16FN5O2S. The van der Waals surface area contributed by atoms with Crippen LogP contribution in [0.25, 0.3) is 11.4 Å². The quantitative estimate of drug-likeness (QED) is 0.700. The van der Waals surface area contributed by atoms with Gasteiger partial charge in [0.05, 0.1) is 11.3 Å². The number of carbonyl (C=O) groups is 2. The molecule has 1 aromatic carbocycles. The molecule has 3 amide bonds. The van der Waals surface area contributed by atoms with Gasteiger partial charge >= 0.3 is 6.03 Å². The van der Waals surface area contributed by atoms with Crippen LogP contribution < -0.4 is 10.6 Å². The van der Waals surface area contributed by atoms with E-state index in [1.54, 1.807) is 18.2 Å². The number of imide groups is 1. The van der Waals surface area contributed by atoms with Crippen LogP contribution in [0.3, 0.4) is 0 Å². The fourth-order valence-electron chi connectivity index (χ4n) is 1.66. The van der Waals surface area contributed by atoms with E-state index in [0.717, 1.165) is 18.2 Å². The number of aromatic nitrogens is 3. The molecule has 7 nitrogen and oxygen atoms in total. The van der Waals surface area contributed by atoms with Gasteiger partial charge in [0.15, 0.2) is 5.82 Å². The van der Waals surface area contributed by atoms with Crippen LogP contribution in [0.5, 0.6) is 0 Å². The highest BCUT2D eigenvalue weighted by molar-refractivity contribution is 7.99. The number of rotatable bonds is 6. The molecule has 2 rings (SSSR count). The average molecular weight is 337 g/mol. The minimum atomic E-state index is -0.528. The van der Waals surface area contributed by atoms with E-state index in [9.17, 15) is 14.0 Å². The van der Waals surface area contributed by atoms with Crippen LogP contribution in [0.4, 0.5) is 9.18 Å². The molecule has 0 aliphatic rings. The zero-order valence-electron chi connectivity index (χ0n) is 12.4. The van der Waals surface area contributed by atoms with Crippen molar-refractivity contribution >= 4 is 23.7 Å². The Morgan fingerprint density at radius 2 is 2.13 bits per heavy atom. The topological polar surface area (TPSA) is 99.8 Å². The molecule has 0 atom stereocenters. The maximum atomic E-state index is 13.6. The Balaban J connectivity index is 1.87. The molecule has 0 aliphatic heterocycles. The first-order chi connectivity index (χ1) is 11.1. The van der Waals surface area contributed by atoms with Crippen LogP contribution in [0, 0.1) is 5.82 Å². The van der Waals surface area contributed by atoms with Crippen molar-refractivity contribution in [1.29, 1.82) is 0 Å². The molecular weight excluding hydrogens is 321 g/mol. The van der Waals surface area contributed by atoms with Crippen LogP contribution in [-0.2, 0) is 4.79 Å². The molecule has 9 heteroatoms. The van der Waals surface area contributed by atoms with Gasteiger partial charge < -0.3 is 5.32 Å². The Kier molecular flexibility index (Phi) is 6.10. The molecule has 0 radical (unpaired) electrons. The lowest BCUT2D eigenvalue weighted by atomic mass is 10.2. The number of urea groups is 1. The highest BCUT2D eigenvalue weighted by Gasteiger charge is 2.12. The lowest BCUT2D eigenvalue weighted by Gasteiger charge is -2.04. The van der Waals surface area contributed by atoms with Gasteiger partial charge in [0.2, 0.25) is 11.1 Å². The SMILES string of the molecule is CCCNC(=O)NC(=O)CSc1n[nH]c(-c2ccccc2F)n1. The number of benzene rings is 1. The summed E-state index contributed by atoms with van der Waals surface area (Å²) in [6.07, 6.45) is 0.784. The van der Waals surface area contributed by atoms with Gasteiger partial charge in [-0.2, -0.15) is 0 Å². The number of H-pyrrole nitrogens is 1. The van der Waals surface area contributed by atoms with Crippen molar-refractivity contribution in [3.63, 3.8) is 0 Å². The van der Waals surface area contributed by atoms with E-state index in [4.69, 9.17) is 0 Å². The fraction of sp³-hybridized carbons (Fsp3) is 0.286. The fourth-order valence-corrected chi connectivity index (χ4v) is 2.26. The summed E-state index contributed by atoms with van der Waals surface area (Å²) in [5, 5.41) is 11.6. The van der Waals surface area contributed by atoms with Gasteiger partial charge in [0.25, 0.3) is 0 Å². The lowest BCUT2D eigenvalue weighted by molar-refractivity contribution is -0.117. The number of aromatic amines is 1. The van der Waals surface area contributed by atoms with Crippen molar-refractivity contribution in [3.05, 3.63) is 30.1 Å². The first-order valence-electron chi connectivity index (χ1n) is 6.98.